The molecule has 0 aliphatic heterocycles. The fraction of sp³-hybridized carbons (Fsp3) is 0.538. The van der Waals surface area contributed by atoms with E-state index in [2.05, 4.69) is 10.5 Å². The standard InChI is InChI=1S/C13H20N2O4/c1-2-3-9-18-13(17)11-5-4-6-14-12(11)10-19-15-7-8-16/h4-6,15-16H,2-3,7-10H2,1H3. The van der Waals surface area contributed by atoms with Crippen LogP contribution in [0.15, 0.2) is 18.3 Å². The molecular weight excluding hydrogens is 248 g/mol. The Bertz CT molecular complexity index is 385. The zero-order valence-corrected chi connectivity index (χ0v) is 11.1. The number of esters is 1. The zero-order valence-electron chi connectivity index (χ0n) is 11.1. The highest BCUT2D eigenvalue weighted by molar-refractivity contribution is 5.90. The first-order chi connectivity index (χ1) is 9.29. The van der Waals surface area contributed by atoms with E-state index in [1.54, 1.807) is 18.3 Å². The van der Waals surface area contributed by atoms with Gasteiger partial charge in [0.25, 0.3) is 0 Å². The van der Waals surface area contributed by atoms with Crippen molar-refractivity contribution in [2.45, 2.75) is 26.4 Å². The molecule has 0 aliphatic rings. The largest absolute Gasteiger partial charge is 0.462 e. The van der Waals surface area contributed by atoms with E-state index in [0.29, 0.717) is 24.4 Å². The number of nitrogens with zero attached hydrogens (tertiary/aromatic N) is 1. The molecule has 0 aliphatic carbocycles. The van der Waals surface area contributed by atoms with Gasteiger partial charge in [0.1, 0.15) is 6.61 Å². The van der Waals surface area contributed by atoms with E-state index in [9.17, 15) is 4.79 Å². The van der Waals surface area contributed by atoms with E-state index in [1.165, 1.54) is 0 Å². The smallest absolute Gasteiger partial charge is 0.340 e. The molecule has 1 aromatic rings. The second kappa shape index (κ2) is 9.43. The Morgan fingerprint density at radius 2 is 2.37 bits per heavy atom. The number of hydrogen-bond acceptors (Lipinski definition) is 6. The topological polar surface area (TPSA) is 80.7 Å². The maximum atomic E-state index is 11.9. The van der Waals surface area contributed by atoms with Crippen LogP contribution in [-0.4, -0.2) is 35.8 Å². The number of pyridine rings is 1. The van der Waals surface area contributed by atoms with Crippen LogP contribution in [0.5, 0.6) is 0 Å². The highest BCUT2D eigenvalue weighted by Crippen LogP contribution is 2.08. The number of aliphatic hydroxyl groups excluding tert-OH is 1. The van der Waals surface area contributed by atoms with Gasteiger partial charge < -0.3 is 9.84 Å². The maximum Gasteiger partial charge on any atom is 0.340 e. The molecule has 1 aromatic heterocycles. The van der Waals surface area contributed by atoms with Crippen LogP contribution in [0.2, 0.25) is 0 Å². The van der Waals surface area contributed by atoms with Gasteiger partial charge in [0, 0.05) is 12.7 Å². The summed E-state index contributed by atoms with van der Waals surface area (Å²) < 4.78 is 5.14. The number of carbonyl (C=O) groups is 1. The molecule has 1 rings (SSSR count). The molecule has 106 valence electrons. The van der Waals surface area contributed by atoms with Gasteiger partial charge in [0.2, 0.25) is 0 Å². The van der Waals surface area contributed by atoms with Crippen molar-refractivity contribution in [1.29, 1.82) is 0 Å². The summed E-state index contributed by atoms with van der Waals surface area (Å²) in [6.07, 6.45) is 3.41. The third-order valence-corrected chi connectivity index (χ3v) is 2.37. The fourth-order valence-corrected chi connectivity index (χ4v) is 1.36. The van der Waals surface area contributed by atoms with Crippen LogP contribution in [0.1, 0.15) is 35.8 Å². The van der Waals surface area contributed by atoms with Crippen molar-refractivity contribution in [3.05, 3.63) is 29.6 Å². The summed E-state index contributed by atoms with van der Waals surface area (Å²) in [5.41, 5.74) is 3.48. The number of aliphatic hydroxyl groups is 1. The second-order valence-corrected chi connectivity index (χ2v) is 3.89. The number of nitrogens with one attached hydrogen (secondary N) is 1. The van der Waals surface area contributed by atoms with E-state index in [4.69, 9.17) is 14.7 Å². The van der Waals surface area contributed by atoms with Crippen molar-refractivity contribution in [2.24, 2.45) is 0 Å². The van der Waals surface area contributed by atoms with Gasteiger partial charge in [-0.25, -0.2) is 4.79 Å². The molecule has 0 aromatic carbocycles. The van der Waals surface area contributed by atoms with Crippen molar-refractivity contribution in [3.63, 3.8) is 0 Å². The Kier molecular flexibility index (Phi) is 7.72. The Morgan fingerprint density at radius 1 is 1.53 bits per heavy atom. The summed E-state index contributed by atoms with van der Waals surface area (Å²) in [6.45, 7) is 2.88. The first-order valence-corrected chi connectivity index (χ1v) is 6.36. The van der Waals surface area contributed by atoms with Crippen molar-refractivity contribution in [3.8, 4) is 0 Å². The molecule has 0 spiro atoms. The van der Waals surface area contributed by atoms with Gasteiger partial charge in [-0.3, -0.25) is 9.82 Å². The minimum absolute atomic E-state index is 0.0197. The molecule has 0 radical (unpaired) electrons. The summed E-state index contributed by atoms with van der Waals surface area (Å²) in [4.78, 5) is 21.0. The van der Waals surface area contributed by atoms with Gasteiger partial charge in [0.05, 0.1) is 24.5 Å². The van der Waals surface area contributed by atoms with E-state index in [0.717, 1.165) is 12.8 Å². The van der Waals surface area contributed by atoms with E-state index in [-0.39, 0.29) is 19.2 Å². The number of hydroxylamine groups is 1. The van der Waals surface area contributed by atoms with E-state index < -0.39 is 0 Å². The van der Waals surface area contributed by atoms with Gasteiger partial charge in [-0.2, -0.15) is 5.48 Å². The Hall–Kier alpha value is -1.50. The van der Waals surface area contributed by atoms with Crippen molar-refractivity contribution < 1.29 is 19.5 Å². The average molecular weight is 268 g/mol. The summed E-state index contributed by atoms with van der Waals surface area (Å²) in [7, 11) is 0. The molecule has 0 saturated heterocycles. The second-order valence-electron chi connectivity index (χ2n) is 3.89. The molecule has 0 bridgehead atoms. The van der Waals surface area contributed by atoms with Crippen LogP contribution in [0.25, 0.3) is 0 Å². The predicted octanol–water partition coefficient (Wildman–Crippen LogP) is 1.05. The van der Waals surface area contributed by atoms with Crippen LogP contribution in [0, 0.1) is 0 Å². The summed E-state index contributed by atoms with van der Waals surface area (Å²) in [6, 6.07) is 3.34. The maximum absolute atomic E-state index is 11.9. The SMILES string of the molecule is CCCCOC(=O)c1cccnc1CONCCO. The lowest BCUT2D eigenvalue weighted by atomic mass is 10.2. The van der Waals surface area contributed by atoms with Crippen molar-refractivity contribution >= 4 is 5.97 Å². The molecule has 0 atom stereocenters. The summed E-state index contributed by atoms with van der Waals surface area (Å²) in [5, 5.41) is 8.59. The molecule has 6 nitrogen and oxygen atoms in total. The van der Waals surface area contributed by atoms with Gasteiger partial charge in [-0.15, -0.1) is 0 Å². The van der Waals surface area contributed by atoms with Crippen molar-refractivity contribution in [1.82, 2.24) is 10.5 Å². The monoisotopic (exact) mass is 268 g/mol. The minimum Gasteiger partial charge on any atom is -0.462 e. The lowest BCUT2D eigenvalue weighted by molar-refractivity contribution is 0.0167. The van der Waals surface area contributed by atoms with Crippen LogP contribution in [-0.2, 0) is 16.2 Å². The molecule has 0 amide bonds. The molecule has 1 heterocycles. The summed E-state index contributed by atoms with van der Waals surface area (Å²) >= 11 is 0. The molecule has 2 N–H and O–H groups in total. The van der Waals surface area contributed by atoms with Gasteiger partial charge >= 0.3 is 5.97 Å². The lowest BCUT2D eigenvalue weighted by Crippen LogP contribution is -2.20. The summed E-state index contributed by atoms with van der Waals surface area (Å²) in [5.74, 6) is -0.387. The van der Waals surface area contributed by atoms with Crippen LogP contribution >= 0.6 is 0 Å². The molecular formula is C13H20N2O4. The minimum atomic E-state index is -0.387. The van der Waals surface area contributed by atoms with Crippen LogP contribution in [0.3, 0.4) is 0 Å². The van der Waals surface area contributed by atoms with Gasteiger partial charge in [0.15, 0.2) is 0 Å². The van der Waals surface area contributed by atoms with Crippen LogP contribution in [0.4, 0.5) is 0 Å². The molecule has 19 heavy (non-hydrogen) atoms. The molecule has 0 saturated carbocycles. The predicted molar refractivity (Wildman–Crippen MR) is 69.3 cm³/mol. The first kappa shape index (κ1) is 15.6. The highest BCUT2D eigenvalue weighted by atomic mass is 16.6. The van der Waals surface area contributed by atoms with Crippen molar-refractivity contribution in [2.75, 3.05) is 19.8 Å². The third kappa shape index (κ3) is 5.78. The number of hydrogen-bond donors (Lipinski definition) is 2. The molecule has 0 unspecified atom stereocenters. The van der Waals surface area contributed by atoms with E-state index >= 15 is 0 Å². The number of carbonyl (C=O) groups excluding carboxylic acids is 1. The Balaban J connectivity index is 2.54. The normalized spacial score (nSPS) is 10.4. The number of unbranched alkanes of at least 4 members (excludes halogenated alkanes) is 1. The third-order valence-electron chi connectivity index (χ3n) is 2.37. The lowest BCUT2D eigenvalue weighted by Gasteiger charge is -2.09. The zero-order chi connectivity index (χ0) is 13.9. The van der Waals surface area contributed by atoms with Gasteiger partial charge in [-0.1, -0.05) is 13.3 Å². The van der Waals surface area contributed by atoms with E-state index in [1.807, 2.05) is 6.92 Å². The first-order valence-electron chi connectivity index (χ1n) is 6.36. The average Bonchev–Trinajstić information content (AvgIpc) is 2.44. The quantitative estimate of drug-likeness (QED) is 0.396. The molecule has 0 fully saturated rings. The molecule has 6 heteroatoms. The number of aromatic nitrogens is 1. The van der Waals surface area contributed by atoms with Gasteiger partial charge in [-0.05, 0) is 18.6 Å². The Labute approximate surface area is 112 Å². The highest BCUT2D eigenvalue weighted by Gasteiger charge is 2.13. The number of ether oxygens (including phenoxy) is 1. The Morgan fingerprint density at radius 3 is 3.11 bits per heavy atom. The number of rotatable bonds is 9. The fourth-order valence-electron chi connectivity index (χ4n) is 1.36. The van der Waals surface area contributed by atoms with Crippen LogP contribution < -0.4 is 5.48 Å².